The lowest BCUT2D eigenvalue weighted by molar-refractivity contribution is -0.152. The van der Waals surface area contributed by atoms with E-state index in [2.05, 4.69) is 5.16 Å². The summed E-state index contributed by atoms with van der Waals surface area (Å²) in [6.07, 6.45) is 0. The zero-order valence-corrected chi connectivity index (χ0v) is 14.3. The Bertz CT molecular complexity index is 796. The minimum absolute atomic E-state index is 0.103. The number of carbonyl (C=O) groups excluding carboxylic acids is 2. The van der Waals surface area contributed by atoms with Gasteiger partial charge < -0.3 is 24.5 Å². The molecule has 0 amide bonds. The molecular weight excluding hydrogens is 342 g/mol. The van der Waals surface area contributed by atoms with Gasteiger partial charge in [-0.1, -0.05) is 5.16 Å². The molecule has 1 heterocycles. The van der Waals surface area contributed by atoms with Gasteiger partial charge in [-0.25, -0.2) is 4.79 Å². The largest absolute Gasteiger partial charge is 0.455 e. The molecule has 1 N–H and O–H groups in total. The monoisotopic (exact) mass is 359 g/mol. The van der Waals surface area contributed by atoms with E-state index in [4.69, 9.17) is 29.7 Å². The molecule has 26 heavy (non-hydrogen) atoms. The lowest BCUT2D eigenvalue weighted by Crippen LogP contribution is -2.26. The normalized spacial score (nSPS) is 13.5. The third-order valence-corrected chi connectivity index (χ3v) is 3.43. The number of nitrogens with zero attached hydrogens (tertiary/aromatic N) is 2. The summed E-state index contributed by atoms with van der Waals surface area (Å²) in [5, 5.41) is 19.9. The number of Topliss-reactive ketones (excluding diaryl/α,β-unsaturated/α-hetero) is 1. The predicted molar refractivity (Wildman–Crippen MR) is 89.2 cm³/mol. The highest BCUT2D eigenvalue weighted by atomic mass is 16.7. The van der Waals surface area contributed by atoms with E-state index in [1.54, 1.807) is 31.2 Å². The molecule has 136 valence electrons. The van der Waals surface area contributed by atoms with E-state index in [0.717, 1.165) is 5.56 Å². The van der Waals surface area contributed by atoms with Crippen LogP contribution in [-0.2, 0) is 19.2 Å². The molecule has 0 unspecified atom stereocenters. The van der Waals surface area contributed by atoms with Gasteiger partial charge in [-0.05, 0) is 32.0 Å². The molecule has 1 aliphatic rings. The second-order valence-electron chi connectivity index (χ2n) is 5.39. The van der Waals surface area contributed by atoms with Crippen LogP contribution in [0.1, 0.15) is 19.4 Å². The Labute approximate surface area is 149 Å². The molecule has 0 saturated heterocycles. The van der Waals surface area contributed by atoms with Crippen molar-refractivity contribution in [3.05, 3.63) is 23.8 Å². The first-order chi connectivity index (χ1) is 12.4. The van der Waals surface area contributed by atoms with Crippen LogP contribution in [0, 0.1) is 22.7 Å². The molecule has 9 nitrogen and oxygen atoms in total. The number of oxime groups is 1. The summed E-state index contributed by atoms with van der Waals surface area (Å²) in [5.74, 6) is -1.43. The Morgan fingerprint density at radius 2 is 2.04 bits per heavy atom. The van der Waals surface area contributed by atoms with E-state index >= 15 is 0 Å². The lowest BCUT2D eigenvalue weighted by atomic mass is 10.0. The SMILES string of the molecule is CC(=N)[C@H](C#N)C(=O)COC(=O)CO/N=C(/C)c1ccc2c(c1)OCO2. The van der Waals surface area contributed by atoms with E-state index in [-0.39, 0.29) is 12.5 Å². The second-order valence-corrected chi connectivity index (χ2v) is 5.39. The van der Waals surface area contributed by atoms with Crippen LogP contribution < -0.4 is 9.47 Å². The van der Waals surface area contributed by atoms with Crippen LogP contribution in [0.4, 0.5) is 0 Å². The summed E-state index contributed by atoms with van der Waals surface area (Å²) in [6.45, 7) is 2.11. The van der Waals surface area contributed by atoms with Gasteiger partial charge in [-0.3, -0.25) is 4.79 Å². The topological polar surface area (TPSA) is 131 Å². The average molecular weight is 359 g/mol. The number of nitrogens with one attached hydrogen (secondary N) is 1. The summed E-state index contributed by atoms with van der Waals surface area (Å²) < 4.78 is 15.2. The Balaban J connectivity index is 1.80. The number of nitriles is 1. The van der Waals surface area contributed by atoms with Gasteiger partial charge >= 0.3 is 5.97 Å². The van der Waals surface area contributed by atoms with Crippen molar-refractivity contribution in [2.45, 2.75) is 13.8 Å². The van der Waals surface area contributed by atoms with Crippen molar-refractivity contribution in [1.82, 2.24) is 0 Å². The minimum Gasteiger partial charge on any atom is -0.455 e. The maximum absolute atomic E-state index is 11.6. The van der Waals surface area contributed by atoms with Crippen molar-refractivity contribution >= 4 is 23.2 Å². The minimum atomic E-state index is -1.21. The molecule has 0 bridgehead atoms. The molecular formula is C17H17N3O6. The van der Waals surface area contributed by atoms with Gasteiger partial charge in [0.05, 0.1) is 11.8 Å². The first-order valence-corrected chi connectivity index (χ1v) is 7.62. The summed E-state index contributed by atoms with van der Waals surface area (Å²) in [7, 11) is 0. The van der Waals surface area contributed by atoms with Gasteiger partial charge in [0.15, 0.2) is 23.9 Å². The zero-order valence-electron chi connectivity index (χ0n) is 14.3. The zero-order chi connectivity index (χ0) is 19.1. The summed E-state index contributed by atoms with van der Waals surface area (Å²) >= 11 is 0. The molecule has 0 radical (unpaired) electrons. The number of ketones is 1. The third kappa shape index (κ3) is 4.80. The van der Waals surface area contributed by atoms with Crippen LogP contribution in [0.2, 0.25) is 0 Å². The van der Waals surface area contributed by atoms with Gasteiger partial charge in [0, 0.05) is 11.3 Å². The van der Waals surface area contributed by atoms with Crippen molar-refractivity contribution in [3.8, 4) is 17.6 Å². The fourth-order valence-corrected chi connectivity index (χ4v) is 2.04. The van der Waals surface area contributed by atoms with E-state index in [9.17, 15) is 9.59 Å². The number of rotatable bonds is 8. The van der Waals surface area contributed by atoms with Crippen molar-refractivity contribution in [2.75, 3.05) is 20.0 Å². The number of carbonyl (C=O) groups is 2. The summed E-state index contributed by atoms with van der Waals surface area (Å²) in [6, 6.07) is 6.94. The van der Waals surface area contributed by atoms with Crippen molar-refractivity contribution in [3.63, 3.8) is 0 Å². The smallest absolute Gasteiger partial charge is 0.347 e. The Kier molecular flexibility index (Phi) is 6.27. The first kappa shape index (κ1) is 18.9. The summed E-state index contributed by atoms with van der Waals surface area (Å²) in [4.78, 5) is 28.1. The van der Waals surface area contributed by atoms with Crippen LogP contribution in [-0.4, -0.2) is 43.2 Å². The van der Waals surface area contributed by atoms with Crippen LogP contribution >= 0.6 is 0 Å². The molecule has 9 heteroatoms. The number of ether oxygens (including phenoxy) is 3. The van der Waals surface area contributed by atoms with Crippen LogP contribution in [0.5, 0.6) is 11.5 Å². The summed E-state index contributed by atoms with van der Waals surface area (Å²) in [5.41, 5.74) is 1.14. The molecule has 1 aliphatic heterocycles. The maximum atomic E-state index is 11.6. The standard InChI is InChI=1S/C17H17N3O6/c1-10(19)13(6-18)14(21)7-23-17(22)8-26-20-11(2)12-3-4-15-16(5-12)25-9-24-15/h3-5,13,19H,7-9H2,1-2H3/b19-10?,20-11-/t13-/m0/s1. The molecule has 0 aromatic heterocycles. The second kappa shape index (κ2) is 8.62. The molecule has 1 atom stereocenters. The highest BCUT2D eigenvalue weighted by molar-refractivity contribution is 6.06. The average Bonchev–Trinajstić information content (AvgIpc) is 3.07. The van der Waals surface area contributed by atoms with E-state index in [1.807, 2.05) is 0 Å². The fourth-order valence-electron chi connectivity index (χ4n) is 2.04. The van der Waals surface area contributed by atoms with Crippen LogP contribution in [0.15, 0.2) is 23.4 Å². The lowest BCUT2D eigenvalue weighted by Gasteiger charge is -2.07. The van der Waals surface area contributed by atoms with Gasteiger partial charge in [0.2, 0.25) is 13.4 Å². The van der Waals surface area contributed by atoms with E-state index in [1.165, 1.54) is 6.92 Å². The fraction of sp³-hybridized carbons (Fsp3) is 0.353. The molecule has 0 fully saturated rings. The quantitative estimate of drug-likeness (QED) is 0.422. The number of benzene rings is 1. The Hall–Kier alpha value is -3.41. The Morgan fingerprint density at radius 1 is 1.31 bits per heavy atom. The maximum Gasteiger partial charge on any atom is 0.347 e. The molecule has 1 aromatic carbocycles. The van der Waals surface area contributed by atoms with Crippen LogP contribution in [0.3, 0.4) is 0 Å². The Morgan fingerprint density at radius 3 is 2.73 bits per heavy atom. The highest BCUT2D eigenvalue weighted by Gasteiger charge is 2.21. The van der Waals surface area contributed by atoms with Crippen molar-refractivity contribution in [1.29, 1.82) is 10.7 Å². The van der Waals surface area contributed by atoms with Gasteiger partial charge in [0.1, 0.15) is 5.92 Å². The predicted octanol–water partition coefficient (Wildman–Crippen LogP) is 1.45. The molecule has 0 spiro atoms. The van der Waals surface area contributed by atoms with Gasteiger partial charge in [0.25, 0.3) is 0 Å². The number of esters is 1. The third-order valence-electron chi connectivity index (χ3n) is 3.43. The van der Waals surface area contributed by atoms with E-state index < -0.39 is 30.9 Å². The van der Waals surface area contributed by atoms with Crippen LogP contribution in [0.25, 0.3) is 0 Å². The van der Waals surface area contributed by atoms with Crippen molar-refractivity contribution < 1.29 is 28.6 Å². The van der Waals surface area contributed by atoms with Gasteiger partial charge in [-0.2, -0.15) is 5.26 Å². The molecule has 1 aromatic rings. The highest BCUT2D eigenvalue weighted by Crippen LogP contribution is 2.32. The number of hydrogen-bond acceptors (Lipinski definition) is 9. The number of hydrogen-bond donors (Lipinski definition) is 1. The molecule has 0 saturated carbocycles. The molecule has 0 aliphatic carbocycles. The first-order valence-electron chi connectivity index (χ1n) is 7.62. The molecule has 2 rings (SSSR count). The van der Waals surface area contributed by atoms with Gasteiger partial charge in [-0.15, -0.1) is 0 Å². The number of fused-ring (bicyclic) bond motifs is 1. The van der Waals surface area contributed by atoms with E-state index in [0.29, 0.717) is 17.2 Å². The van der Waals surface area contributed by atoms with Crippen molar-refractivity contribution in [2.24, 2.45) is 11.1 Å².